The third kappa shape index (κ3) is 2.58. The maximum Gasteiger partial charge on any atom is 0.256 e. The number of hydrogen-bond donors (Lipinski definition) is 1. The van der Waals surface area contributed by atoms with Crippen LogP contribution in [0.4, 0.5) is 5.00 Å². The lowest BCUT2D eigenvalue weighted by molar-refractivity contribution is 0.102. The second-order valence-corrected chi connectivity index (χ2v) is 4.91. The van der Waals surface area contributed by atoms with Crippen LogP contribution in [0.1, 0.15) is 10.4 Å². The minimum Gasteiger partial charge on any atom is -0.311 e. The number of aromatic nitrogens is 2. The SMILES string of the molecule is O=C(Nc1cnns1)c1ccc(Br)c(Cl)c1. The molecule has 0 unspecified atom stereocenters. The fourth-order valence-corrected chi connectivity index (χ4v) is 1.89. The van der Waals surface area contributed by atoms with Gasteiger partial charge in [0.2, 0.25) is 0 Å². The molecular formula is C9H5BrClN3OS. The van der Waals surface area contributed by atoms with Gasteiger partial charge in [0.1, 0.15) is 5.00 Å². The molecule has 16 heavy (non-hydrogen) atoms. The van der Waals surface area contributed by atoms with E-state index in [0.717, 1.165) is 16.0 Å². The van der Waals surface area contributed by atoms with Gasteiger partial charge in [0, 0.05) is 21.6 Å². The molecule has 2 rings (SSSR count). The van der Waals surface area contributed by atoms with Gasteiger partial charge in [0.25, 0.3) is 5.91 Å². The third-order valence-corrected chi connectivity index (χ3v) is 3.59. The molecule has 1 aromatic heterocycles. The number of benzene rings is 1. The topological polar surface area (TPSA) is 54.9 Å². The van der Waals surface area contributed by atoms with Crippen LogP contribution in [-0.2, 0) is 0 Å². The van der Waals surface area contributed by atoms with Crippen LogP contribution >= 0.6 is 39.1 Å². The first kappa shape index (κ1) is 11.5. The monoisotopic (exact) mass is 317 g/mol. The van der Waals surface area contributed by atoms with Crippen molar-refractivity contribution < 1.29 is 4.79 Å². The van der Waals surface area contributed by atoms with E-state index >= 15 is 0 Å². The largest absolute Gasteiger partial charge is 0.311 e. The number of rotatable bonds is 2. The zero-order chi connectivity index (χ0) is 11.5. The van der Waals surface area contributed by atoms with Gasteiger partial charge in [-0.1, -0.05) is 16.1 Å². The summed E-state index contributed by atoms with van der Waals surface area (Å²) in [5.41, 5.74) is 0.488. The standard InChI is InChI=1S/C9H5BrClN3OS/c10-6-2-1-5(3-7(6)11)9(15)13-8-4-12-14-16-8/h1-4H,(H,13,15). The van der Waals surface area contributed by atoms with Crippen molar-refractivity contribution in [3.63, 3.8) is 0 Å². The predicted octanol–water partition coefficient (Wildman–Crippen LogP) is 3.21. The van der Waals surface area contributed by atoms with Crippen molar-refractivity contribution in [2.24, 2.45) is 0 Å². The average Bonchev–Trinajstić information content (AvgIpc) is 2.74. The second-order valence-electron chi connectivity index (χ2n) is 2.86. The normalized spacial score (nSPS) is 10.1. The number of anilines is 1. The molecule has 4 nitrogen and oxygen atoms in total. The van der Waals surface area contributed by atoms with E-state index in [1.165, 1.54) is 6.20 Å². The number of hydrogen-bond acceptors (Lipinski definition) is 4. The Morgan fingerprint density at radius 3 is 2.94 bits per heavy atom. The Hall–Kier alpha value is -0.980. The van der Waals surface area contributed by atoms with Crippen LogP contribution in [0, 0.1) is 0 Å². The number of amides is 1. The van der Waals surface area contributed by atoms with E-state index in [-0.39, 0.29) is 5.91 Å². The molecule has 0 radical (unpaired) electrons. The van der Waals surface area contributed by atoms with E-state index in [0.29, 0.717) is 15.6 Å². The molecule has 82 valence electrons. The quantitative estimate of drug-likeness (QED) is 0.925. The van der Waals surface area contributed by atoms with E-state index < -0.39 is 0 Å². The summed E-state index contributed by atoms with van der Waals surface area (Å²) in [7, 11) is 0. The Kier molecular flexibility index (Phi) is 3.52. The van der Waals surface area contributed by atoms with Crippen molar-refractivity contribution in [1.82, 2.24) is 9.59 Å². The maximum absolute atomic E-state index is 11.7. The molecule has 0 saturated carbocycles. The van der Waals surface area contributed by atoms with Gasteiger partial charge >= 0.3 is 0 Å². The van der Waals surface area contributed by atoms with Gasteiger partial charge in [-0.2, -0.15) is 0 Å². The van der Waals surface area contributed by atoms with Crippen LogP contribution in [-0.4, -0.2) is 15.5 Å². The van der Waals surface area contributed by atoms with Crippen LogP contribution in [0.25, 0.3) is 0 Å². The zero-order valence-corrected chi connectivity index (χ0v) is 10.9. The van der Waals surface area contributed by atoms with Gasteiger partial charge in [0.05, 0.1) is 11.2 Å². The summed E-state index contributed by atoms with van der Waals surface area (Å²) < 4.78 is 4.40. The average molecular weight is 319 g/mol. The van der Waals surface area contributed by atoms with Crippen LogP contribution in [0.5, 0.6) is 0 Å². The molecule has 7 heteroatoms. The Labute approximate surface area is 109 Å². The second kappa shape index (κ2) is 4.90. The lowest BCUT2D eigenvalue weighted by Gasteiger charge is -2.02. The molecule has 0 aliphatic heterocycles. The van der Waals surface area contributed by atoms with Gasteiger partial charge in [-0.25, -0.2) is 0 Å². The molecule has 0 saturated heterocycles. The first-order chi connectivity index (χ1) is 7.66. The van der Waals surface area contributed by atoms with Crippen LogP contribution in [0.15, 0.2) is 28.9 Å². The number of nitrogens with zero attached hydrogens (tertiary/aromatic N) is 2. The highest BCUT2D eigenvalue weighted by Crippen LogP contribution is 2.23. The van der Waals surface area contributed by atoms with Crippen molar-refractivity contribution in [1.29, 1.82) is 0 Å². The molecule has 0 aliphatic rings. The summed E-state index contributed by atoms with van der Waals surface area (Å²) in [5, 5.41) is 7.38. The number of carbonyl (C=O) groups excluding carboxylic acids is 1. The van der Waals surface area contributed by atoms with E-state index in [1.807, 2.05) is 0 Å². The summed E-state index contributed by atoms with van der Waals surface area (Å²) in [6.45, 7) is 0. The lowest BCUT2D eigenvalue weighted by atomic mass is 10.2. The summed E-state index contributed by atoms with van der Waals surface area (Å²) in [5.74, 6) is -0.236. The number of carbonyl (C=O) groups is 1. The summed E-state index contributed by atoms with van der Waals surface area (Å²) in [4.78, 5) is 11.7. The summed E-state index contributed by atoms with van der Waals surface area (Å²) >= 11 is 10.3. The first-order valence-electron chi connectivity index (χ1n) is 4.20. The van der Waals surface area contributed by atoms with E-state index in [4.69, 9.17) is 11.6 Å². The van der Waals surface area contributed by atoms with Crippen molar-refractivity contribution in [3.8, 4) is 0 Å². The van der Waals surface area contributed by atoms with E-state index in [2.05, 4.69) is 30.8 Å². The highest BCUT2D eigenvalue weighted by atomic mass is 79.9. The minimum absolute atomic E-state index is 0.236. The molecule has 0 spiro atoms. The van der Waals surface area contributed by atoms with Crippen LogP contribution < -0.4 is 5.32 Å². The van der Waals surface area contributed by atoms with E-state index in [9.17, 15) is 4.79 Å². The molecule has 0 bridgehead atoms. The van der Waals surface area contributed by atoms with Crippen molar-refractivity contribution in [2.45, 2.75) is 0 Å². The summed E-state index contributed by atoms with van der Waals surface area (Å²) in [6, 6.07) is 5.00. The van der Waals surface area contributed by atoms with Crippen molar-refractivity contribution in [2.75, 3.05) is 5.32 Å². The van der Waals surface area contributed by atoms with Crippen molar-refractivity contribution in [3.05, 3.63) is 39.5 Å². The molecule has 1 amide bonds. The molecule has 0 aliphatic carbocycles. The lowest BCUT2D eigenvalue weighted by Crippen LogP contribution is -2.10. The van der Waals surface area contributed by atoms with E-state index in [1.54, 1.807) is 18.2 Å². The Bertz CT molecular complexity index is 517. The van der Waals surface area contributed by atoms with Gasteiger partial charge in [-0.05, 0) is 34.1 Å². The Balaban J connectivity index is 2.18. The van der Waals surface area contributed by atoms with Crippen LogP contribution in [0.3, 0.4) is 0 Å². The molecular weight excluding hydrogens is 314 g/mol. The molecule has 1 N–H and O–H groups in total. The number of nitrogens with one attached hydrogen (secondary N) is 1. The van der Waals surface area contributed by atoms with Crippen LogP contribution in [0.2, 0.25) is 5.02 Å². The van der Waals surface area contributed by atoms with Gasteiger partial charge in [-0.3, -0.25) is 4.79 Å². The molecule has 1 aromatic carbocycles. The predicted molar refractivity (Wildman–Crippen MR) is 67.0 cm³/mol. The molecule has 2 aromatic rings. The maximum atomic E-state index is 11.7. The minimum atomic E-state index is -0.236. The molecule has 0 fully saturated rings. The molecule has 1 heterocycles. The Morgan fingerprint density at radius 1 is 1.50 bits per heavy atom. The van der Waals surface area contributed by atoms with Crippen molar-refractivity contribution >= 4 is 50.0 Å². The molecule has 0 atom stereocenters. The van der Waals surface area contributed by atoms with Gasteiger partial charge in [0.15, 0.2) is 0 Å². The fourth-order valence-electron chi connectivity index (χ4n) is 1.04. The summed E-state index contributed by atoms with van der Waals surface area (Å²) in [6.07, 6.45) is 1.49. The smallest absolute Gasteiger partial charge is 0.256 e. The highest BCUT2D eigenvalue weighted by Gasteiger charge is 2.09. The zero-order valence-electron chi connectivity index (χ0n) is 7.78. The Morgan fingerprint density at radius 2 is 2.31 bits per heavy atom. The van der Waals surface area contributed by atoms with Gasteiger partial charge < -0.3 is 5.32 Å². The fraction of sp³-hybridized carbons (Fsp3) is 0. The highest BCUT2D eigenvalue weighted by molar-refractivity contribution is 9.10. The van der Waals surface area contributed by atoms with Gasteiger partial charge in [-0.15, -0.1) is 5.10 Å². The third-order valence-electron chi connectivity index (χ3n) is 1.78. The number of halogens is 2. The first-order valence-corrected chi connectivity index (χ1v) is 6.15.